The van der Waals surface area contributed by atoms with Gasteiger partial charge in [0.1, 0.15) is 22.2 Å². The summed E-state index contributed by atoms with van der Waals surface area (Å²) < 4.78 is 21.6. The van der Waals surface area contributed by atoms with E-state index in [0.29, 0.717) is 0 Å². The summed E-state index contributed by atoms with van der Waals surface area (Å²) >= 11 is 0. The average Bonchev–Trinajstić information content (AvgIpc) is 3.99. The molecule has 8 nitrogen and oxygen atoms in total. The molecule has 6 aromatic heterocycles. The Morgan fingerprint density at radius 1 is 0.420 bits per heavy atom. The largest absolute Gasteiger partial charge is 0.437 e. The molecule has 0 bridgehead atoms. The van der Waals surface area contributed by atoms with Gasteiger partial charge in [-0.1, -0.05) is 72.8 Å². The average molecular weight is 645 g/mol. The second-order valence-corrected chi connectivity index (χ2v) is 12.7. The van der Waals surface area contributed by atoms with Gasteiger partial charge in [-0.3, -0.25) is 8.80 Å². The normalized spacial score (nSPS) is 12.4. The van der Waals surface area contributed by atoms with Crippen LogP contribution in [-0.2, 0) is 0 Å². The molecule has 12 rings (SSSR count). The number of fused-ring (bicyclic) bond motifs is 14. The van der Waals surface area contributed by atoms with Crippen LogP contribution in [0.3, 0.4) is 0 Å². The van der Waals surface area contributed by atoms with E-state index in [9.17, 15) is 0 Å². The second-order valence-electron chi connectivity index (χ2n) is 12.7. The van der Waals surface area contributed by atoms with Crippen molar-refractivity contribution in [3.8, 4) is 22.5 Å². The Hall–Kier alpha value is -7.06. The molecule has 0 amide bonds. The highest BCUT2D eigenvalue weighted by Crippen LogP contribution is 2.39. The number of hydrogen-bond acceptors (Lipinski definition) is 4. The summed E-state index contributed by atoms with van der Waals surface area (Å²) in [4.78, 5) is 10.4. The van der Waals surface area contributed by atoms with Crippen LogP contribution in [0.1, 0.15) is 0 Å². The number of para-hydroxylation sites is 4. The summed E-state index contributed by atoms with van der Waals surface area (Å²) in [5, 5.41) is 2.11. The van der Waals surface area contributed by atoms with Gasteiger partial charge in [-0.15, -0.1) is 0 Å². The molecule has 234 valence electrons. The van der Waals surface area contributed by atoms with Crippen LogP contribution < -0.4 is 0 Å². The number of rotatable bonds is 3. The van der Waals surface area contributed by atoms with Crippen LogP contribution in [0.5, 0.6) is 0 Å². The van der Waals surface area contributed by atoms with Crippen molar-refractivity contribution in [2.75, 3.05) is 0 Å². The van der Waals surface area contributed by atoms with Gasteiger partial charge in [0, 0.05) is 10.8 Å². The fraction of sp³-hybridized carbons (Fsp3) is 0. The molecule has 0 spiro atoms. The first-order valence-electron chi connectivity index (χ1n) is 16.6. The third kappa shape index (κ3) is 3.29. The lowest BCUT2D eigenvalue weighted by Crippen LogP contribution is -1.94. The minimum absolute atomic E-state index is 0.780. The predicted octanol–water partition coefficient (Wildman–Crippen LogP) is 10.3. The van der Waals surface area contributed by atoms with E-state index < -0.39 is 0 Å². The Balaban J connectivity index is 1.08. The van der Waals surface area contributed by atoms with Crippen molar-refractivity contribution < 1.29 is 8.83 Å². The van der Waals surface area contributed by atoms with Gasteiger partial charge < -0.3 is 8.83 Å². The molecular weight excluding hydrogens is 621 g/mol. The van der Waals surface area contributed by atoms with E-state index >= 15 is 0 Å². The molecule has 0 N–H and O–H groups in total. The van der Waals surface area contributed by atoms with Crippen LogP contribution in [0, 0.1) is 0 Å². The zero-order chi connectivity index (χ0) is 32.5. The lowest BCUT2D eigenvalue weighted by Gasteiger charge is -2.03. The third-order valence-corrected chi connectivity index (χ3v) is 9.99. The number of imidazole rings is 4. The van der Waals surface area contributed by atoms with Gasteiger partial charge in [0.15, 0.2) is 0 Å². The summed E-state index contributed by atoms with van der Waals surface area (Å²) in [7, 11) is 0. The fourth-order valence-corrected chi connectivity index (χ4v) is 7.81. The van der Waals surface area contributed by atoms with E-state index in [2.05, 4.69) is 103 Å². The monoisotopic (exact) mass is 644 g/mol. The van der Waals surface area contributed by atoms with Gasteiger partial charge in [-0.25, -0.2) is 19.1 Å². The smallest absolute Gasteiger partial charge is 0.232 e. The van der Waals surface area contributed by atoms with Gasteiger partial charge in [-0.2, -0.15) is 0 Å². The molecule has 0 unspecified atom stereocenters. The molecular formula is C42H24N6O2. The molecule has 6 aromatic carbocycles. The number of aromatic nitrogens is 6. The van der Waals surface area contributed by atoms with Crippen molar-refractivity contribution >= 4 is 78.0 Å². The quantitative estimate of drug-likeness (QED) is 0.192. The maximum absolute atomic E-state index is 6.45. The van der Waals surface area contributed by atoms with Crippen LogP contribution in [0.25, 0.3) is 101 Å². The van der Waals surface area contributed by atoms with Crippen LogP contribution in [-0.4, -0.2) is 27.9 Å². The molecule has 0 atom stereocenters. The van der Waals surface area contributed by atoms with Crippen molar-refractivity contribution in [3.05, 3.63) is 146 Å². The van der Waals surface area contributed by atoms with E-state index in [1.165, 1.54) is 0 Å². The highest BCUT2D eigenvalue weighted by Gasteiger charge is 2.25. The predicted molar refractivity (Wildman–Crippen MR) is 198 cm³/mol. The number of hydrogen-bond donors (Lipinski definition) is 0. The third-order valence-electron chi connectivity index (χ3n) is 9.99. The van der Waals surface area contributed by atoms with Gasteiger partial charge in [0.25, 0.3) is 0 Å². The van der Waals surface area contributed by atoms with Gasteiger partial charge in [0.05, 0.1) is 33.4 Å². The molecule has 0 saturated carbocycles. The molecule has 0 aliphatic carbocycles. The van der Waals surface area contributed by atoms with Crippen molar-refractivity contribution in [1.29, 1.82) is 0 Å². The Bertz CT molecular complexity index is 3090. The topological polar surface area (TPSA) is 70.7 Å². The van der Waals surface area contributed by atoms with Gasteiger partial charge >= 0.3 is 0 Å². The highest BCUT2D eigenvalue weighted by molar-refractivity contribution is 6.08. The summed E-state index contributed by atoms with van der Waals surface area (Å²) in [6.07, 6.45) is 0. The molecule has 12 aromatic rings. The second kappa shape index (κ2) is 9.30. The zero-order valence-corrected chi connectivity index (χ0v) is 26.4. The van der Waals surface area contributed by atoms with Crippen molar-refractivity contribution in [1.82, 2.24) is 27.9 Å². The first kappa shape index (κ1) is 26.0. The SMILES string of the molecule is c1ccc(-n2c3oc4ccccc4c3n3c4ccc(-c5ccc6c(c5)nc5n(-c7ccccc7)c7oc8ccccc8c7n65)cc4nc23)cc1. The molecule has 8 heteroatoms. The minimum atomic E-state index is 0.780. The Kier molecular flexibility index (Phi) is 4.83. The maximum Gasteiger partial charge on any atom is 0.232 e. The highest BCUT2D eigenvalue weighted by atomic mass is 16.3. The molecule has 6 heterocycles. The molecule has 0 radical (unpaired) electrons. The van der Waals surface area contributed by atoms with Crippen LogP contribution in [0.2, 0.25) is 0 Å². The minimum Gasteiger partial charge on any atom is -0.437 e. The summed E-state index contributed by atoms with van der Waals surface area (Å²) in [5.41, 5.74) is 13.3. The summed E-state index contributed by atoms with van der Waals surface area (Å²) in [5.74, 6) is 1.63. The number of nitrogens with zero attached hydrogens (tertiary/aromatic N) is 6. The van der Waals surface area contributed by atoms with Crippen molar-refractivity contribution in [2.24, 2.45) is 0 Å². The van der Waals surface area contributed by atoms with E-state index in [1.54, 1.807) is 0 Å². The molecule has 0 saturated heterocycles. The van der Waals surface area contributed by atoms with E-state index in [1.807, 2.05) is 60.7 Å². The van der Waals surface area contributed by atoms with E-state index in [0.717, 1.165) is 101 Å². The first-order chi connectivity index (χ1) is 24.8. The lowest BCUT2D eigenvalue weighted by atomic mass is 10.0. The van der Waals surface area contributed by atoms with Crippen LogP contribution in [0.15, 0.2) is 154 Å². The standard InChI is InChI=1S/C42H24N6O2/c1-3-11-27(12-4-1)45-39-37(29-15-7-9-17-35(29)49-39)47-33-21-19-25(23-31(33)43-41(45)47)26-20-22-34-32(24-26)44-42-46(28-13-5-2-6-14-28)40-38(48(34)42)30-16-8-10-18-36(30)50-40/h1-24H. The van der Waals surface area contributed by atoms with Gasteiger partial charge in [0.2, 0.25) is 23.0 Å². The zero-order valence-electron chi connectivity index (χ0n) is 26.4. The van der Waals surface area contributed by atoms with Crippen LogP contribution in [0.4, 0.5) is 0 Å². The maximum atomic E-state index is 6.45. The van der Waals surface area contributed by atoms with E-state index in [-0.39, 0.29) is 0 Å². The van der Waals surface area contributed by atoms with Crippen LogP contribution >= 0.6 is 0 Å². The van der Waals surface area contributed by atoms with Crippen molar-refractivity contribution in [2.45, 2.75) is 0 Å². The lowest BCUT2D eigenvalue weighted by molar-refractivity contribution is 0.644. The number of furan rings is 2. The fourth-order valence-electron chi connectivity index (χ4n) is 7.81. The number of benzene rings is 6. The molecule has 50 heavy (non-hydrogen) atoms. The Morgan fingerprint density at radius 2 is 0.840 bits per heavy atom. The van der Waals surface area contributed by atoms with Gasteiger partial charge in [-0.05, 0) is 83.9 Å². The summed E-state index contributed by atoms with van der Waals surface area (Å²) in [6.45, 7) is 0. The van der Waals surface area contributed by atoms with Crippen molar-refractivity contribution in [3.63, 3.8) is 0 Å². The Labute approximate surface area is 282 Å². The summed E-state index contributed by atoms with van der Waals surface area (Å²) in [6, 6.07) is 50.0. The molecule has 0 aliphatic rings. The molecule has 0 aliphatic heterocycles. The first-order valence-corrected chi connectivity index (χ1v) is 16.6. The Morgan fingerprint density at radius 3 is 1.30 bits per heavy atom. The molecule has 0 fully saturated rings. The van der Waals surface area contributed by atoms with E-state index in [4.69, 9.17) is 18.8 Å².